The third-order valence-corrected chi connectivity index (χ3v) is 3.43. The van der Waals surface area contributed by atoms with Crippen LogP contribution < -0.4 is 11.1 Å². The standard InChI is InChI=1S/C12H18N4O2/c1-7-9(10(11(13)17)16(2)15-7)14-12(18)8-5-3-4-6-8/h8H,3-6H2,1-2H3,(H2,13,17)(H,14,18). The van der Waals surface area contributed by atoms with Crippen LogP contribution in [0.15, 0.2) is 0 Å². The third-order valence-electron chi connectivity index (χ3n) is 3.43. The van der Waals surface area contributed by atoms with Crippen molar-refractivity contribution >= 4 is 17.5 Å². The van der Waals surface area contributed by atoms with Crippen LogP contribution in [0.4, 0.5) is 5.69 Å². The summed E-state index contributed by atoms with van der Waals surface area (Å²) in [5.74, 6) is -0.573. The molecule has 0 aliphatic heterocycles. The van der Waals surface area contributed by atoms with Gasteiger partial charge < -0.3 is 11.1 Å². The van der Waals surface area contributed by atoms with Crippen LogP contribution in [0.1, 0.15) is 41.9 Å². The van der Waals surface area contributed by atoms with E-state index < -0.39 is 5.91 Å². The maximum atomic E-state index is 12.1. The molecular formula is C12H18N4O2. The first-order valence-corrected chi connectivity index (χ1v) is 6.15. The van der Waals surface area contributed by atoms with E-state index in [-0.39, 0.29) is 17.5 Å². The first-order chi connectivity index (χ1) is 8.50. The number of carbonyl (C=O) groups is 2. The third kappa shape index (κ3) is 2.23. The van der Waals surface area contributed by atoms with Crippen molar-refractivity contribution in [3.05, 3.63) is 11.4 Å². The summed E-state index contributed by atoms with van der Waals surface area (Å²) in [4.78, 5) is 23.4. The lowest BCUT2D eigenvalue weighted by molar-refractivity contribution is -0.119. The molecule has 2 amide bonds. The summed E-state index contributed by atoms with van der Waals surface area (Å²) in [5.41, 5.74) is 6.61. The number of amides is 2. The highest BCUT2D eigenvalue weighted by Crippen LogP contribution is 2.27. The first kappa shape index (κ1) is 12.6. The molecule has 18 heavy (non-hydrogen) atoms. The highest BCUT2D eigenvalue weighted by Gasteiger charge is 2.26. The quantitative estimate of drug-likeness (QED) is 0.837. The van der Waals surface area contributed by atoms with Crippen molar-refractivity contribution in [3.63, 3.8) is 0 Å². The van der Waals surface area contributed by atoms with Crippen LogP contribution in [0.2, 0.25) is 0 Å². The van der Waals surface area contributed by atoms with Crippen LogP contribution in [0, 0.1) is 12.8 Å². The molecule has 0 radical (unpaired) electrons. The van der Waals surface area contributed by atoms with Crippen LogP contribution in [0.3, 0.4) is 0 Å². The van der Waals surface area contributed by atoms with Crippen molar-refractivity contribution in [1.29, 1.82) is 0 Å². The zero-order chi connectivity index (χ0) is 13.3. The molecule has 0 bridgehead atoms. The monoisotopic (exact) mass is 250 g/mol. The molecule has 1 aliphatic rings. The van der Waals surface area contributed by atoms with Gasteiger partial charge in [-0.25, -0.2) is 0 Å². The number of hydrogen-bond acceptors (Lipinski definition) is 3. The lowest BCUT2D eigenvalue weighted by Gasteiger charge is -2.10. The number of nitrogens with one attached hydrogen (secondary N) is 1. The molecule has 1 aromatic heterocycles. The predicted octanol–water partition coefficient (Wildman–Crippen LogP) is 0.956. The maximum Gasteiger partial charge on any atom is 0.269 e. The molecule has 0 saturated heterocycles. The molecule has 0 unspecified atom stereocenters. The minimum absolute atomic E-state index is 0.0360. The van der Waals surface area contributed by atoms with E-state index in [0.717, 1.165) is 25.7 Å². The van der Waals surface area contributed by atoms with Crippen LogP contribution in [0.5, 0.6) is 0 Å². The minimum atomic E-state index is -0.583. The molecule has 6 heteroatoms. The van der Waals surface area contributed by atoms with Crippen LogP contribution in [0.25, 0.3) is 0 Å². The van der Waals surface area contributed by atoms with Gasteiger partial charge in [-0.2, -0.15) is 5.10 Å². The topological polar surface area (TPSA) is 90.0 Å². The minimum Gasteiger partial charge on any atom is -0.364 e. The SMILES string of the molecule is Cc1nn(C)c(C(N)=O)c1NC(=O)C1CCCC1. The van der Waals surface area contributed by atoms with E-state index in [2.05, 4.69) is 10.4 Å². The summed E-state index contributed by atoms with van der Waals surface area (Å²) in [6, 6.07) is 0. The van der Waals surface area contributed by atoms with Gasteiger partial charge in [-0.05, 0) is 19.8 Å². The molecule has 2 rings (SSSR count). The van der Waals surface area contributed by atoms with Crippen molar-refractivity contribution < 1.29 is 9.59 Å². The Kier molecular flexibility index (Phi) is 3.36. The molecule has 6 nitrogen and oxygen atoms in total. The van der Waals surface area contributed by atoms with Gasteiger partial charge in [-0.3, -0.25) is 14.3 Å². The van der Waals surface area contributed by atoms with Gasteiger partial charge in [0.25, 0.3) is 5.91 Å². The van der Waals surface area contributed by atoms with Crippen molar-refractivity contribution in [3.8, 4) is 0 Å². The number of primary amides is 1. The number of rotatable bonds is 3. The summed E-state index contributed by atoms with van der Waals surface area (Å²) in [5, 5.41) is 6.91. The van der Waals surface area contributed by atoms with Crippen molar-refractivity contribution in [1.82, 2.24) is 9.78 Å². The van der Waals surface area contributed by atoms with Crippen LogP contribution in [-0.4, -0.2) is 21.6 Å². The molecule has 3 N–H and O–H groups in total. The van der Waals surface area contributed by atoms with Gasteiger partial charge >= 0.3 is 0 Å². The van der Waals surface area contributed by atoms with Crippen molar-refractivity contribution in [2.75, 3.05) is 5.32 Å². The number of nitrogens with zero attached hydrogens (tertiary/aromatic N) is 2. The summed E-state index contributed by atoms with van der Waals surface area (Å²) in [6.45, 7) is 1.75. The fraction of sp³-hybridized carbons (Fsp3) is 0.583. The lowest BCUT2D eigenvalue weighted by atomic mass is 10.1. The Balaban J connectivity index is 2.22. The van der Waals surface area contributed by atoms with Gasteiger partial charge in [-0.1, -0.05) is 12.8 Å². The van der Waals surface area contributed by atoms with E-state index >= 15 is 0 Å². The van der Waals surface area contributed by atoms with Gasteiger partial charge in [0.2, 0.25) is 5.91 Å². The molecule has 1 aromatic rings. The largest absolute Gasteiger partial charge is 0.364 e. The maximum absolute atomic E-state index is 12.1. The molecule has 0 spiro atoms. The van der Waals surface area contributed by atoms with E-state index in [1.165, 1.54) is 4.68 Å². The summed E-state index contributed by atoms with van der Waals surface area (Å²) >= 11 is 0. The van der Waals surface area contributed by atoms with E-state index in [1.807, 2.05) is 0 Å². The smallest absolute Gasteiger partial charge is 0.269 e. The van der Waals surface area contributed by atoms with E-state index in [4.69, 9.17) is 5.73 Å². The average Bonchev–Trinajstić information content (AvgIpc) is 2.87. The Morgan fingerprint density at radius 2 is 2.00 bits per heavy atom. The molecule has 98 valence electrons. The molecule has 1 saturated carbocycles. The van der Waals surface area contributed by atoms with Gasteiger partial charge in [0.1, 0.15) is 5.69 Å². The number of aromatic nitrogens is 2. The summed E-state index contributed by atoms with van der Waals surface area (Å²) in [7, 11) is 1.64. The number of anilines is 1. The Morgan fingerprint density at radius 3 is 2.56 bits per heavy atom. The van der Waals surface area contributed by atoms with E-state index in [0.29, 0.717) is 11.4 Å². The number of hydrogen-bond donors (Lipinski definition) is 2. The molecule has 1 fully saturated rings. The Bertz CT molecular complexity index is 487. The molecule has 0 atom stereocenters. The number of carbonyl (C=O) groups excluding carboxylic acids is 2. The lowest BCUT2D eigenvalue weighted by Crippen LogP contribution is -2.24. The summed E-state index contributed by atoms with van der Waals surface area (Å²) in [6.07, 6.45) is 4.01. The Labute approximate surface area is 106 Å². The summed E-state index contributed by atoms with van der Waals surface area (Å²) < 4.78 is 1.40. The van der Waals surface area contributed by atoms with E-state index in [9.17, 15) is 9.59 Å². The van der Waals surface area contributed by atoms with E-state index in [1.54, 1.807) is 14.0 Å². The van der Waals surface area contributed by atoms with Crippen LogP contribution >= 0.6 is 0 Å². The fourth-order valence-corrected chi connectivity index (χ4v) is 2.50. The second-order valence-electron chi connectivity index (χ2n) is 4.77. The fourth-order valence-electron chi connectivity index (χ4n) is 2.50. The van der Waals surface area contributed by atoms with Gasteiger partial charge in [0, 0.05) is 13.0 Å². The van der Waals surface area contributed by atoms with Gasteiger partial charge in [0.05, 0.1) is 11.4 Å². The second-order valence-corrected chi connectivity index (χ2v) is 4.77. The Morgan fingerprint density at radius 1 is 1.39 bits per heavy atom. The highest BCUT2D eigenvalue weighted by molar-refractivity contribution is 6.03. The highest BCUT2D eigenvalue weighted by atomic mass is 16.2. The zero-order valence-corrected chi connectivity index (χ0v) is 10.7. The normalized spacial score (nSPS) is 15.9. The number of aryl methyl sites for hydroxylation is 2. The van der Waals surface area contributed by atoms with Gasteiger partial charge in [0.15, 0.2) is 0 Å². The molecular weight excluding hydrogens is 232 g/mol. The van der Waals surface area contributed by atoms with Crippen LogP contribution in [-0.2, 0) is 11.8 Å². The Hall–Kier alpha value is -1.85. The second kappa shape index (κ2) is 4.80. The molecule has 0 aromatic carbocycles. The van der Waals surface area contributed by atoms with Crippen molar-refractivity contribution in [2.24, 2.45) is 18.7 Å². The zero-order valence-electron chi connectivity index (χ0n) is 10.7. The molecule has 1 aliphatic carbocycles. The molecule has 1 heterocycles. The average molecular weight is 250 g/mol. The first-order valence-electron chi connectivity index (χ1n) is 6.15. The van der Waals surface area contributed by atoms with Gasteiger partial charge in [-0.15, -0.1) is 0 Å². The predicted molar refractivity (Wildman–Crippen MR) is 67.1 cm³/mol. The van der Waals surface area contributed by atoms with Crippen molar-refractivity contribution in [2.45, 2.75) is 32.6 Å². The number of nitrogens with two attached hydrogens (primary N) is 1.